The third kappa shape index (κ3) is 4.72. The molecule has 0 unspecified atom stereocenters. The summed E-state index contributed by atoms with van der Waals surface area (Å²) in [6.45, 7) is 6.31. The van der Waals surface area contributed by atoms with Crippen LogP contribution >= 0.6 is 0 Å². The largest absolute Gasteiger partial charge is 0.487 e. The van der Waals surface area contributed by atoms with Gasteiger partial charge >= 0.3 is 0 Å². The van der Waals surface area contributed by atoms with Crippen LogP contribution < -0.4 is 10.1 Å². The van der Waals surface area contributed by atoms with Crippen LogP contribution in [0.1, 0.15) is 30.8 Å². The highest BCUT2D eigenvalue weighted by Gasteiger charge is 2.02. The minimum atomic E-state index is 0.481. The van der Waals surface area contributed by atoms with Gasteiger partial charge in [0.2, 0.25) is 0 Å². The van der Waals surface area contributed by atoms with Crippen molar-refractivity contribution >= 4 is 6.08 Å². The zero-order valence-electron chi connectivity index (χ0n) is 12.7. The normalized spacial score (nSPS) is 11.0. The lowest BCUT2D eigenvalue weighted by Crippen LogP contribution is -2.13. The molecule has 0 aliphatic heterocycles. The molecule has 2 aromatic rings. The minimum absolute atomic E-state index is 0.481. The van der Waals surface area contributed by atoms with Crippen LogP contribution in [0.4, 0.5) is 0 Å². The van der Waals surface area contributed by atoms with Gasteiger partial charge in [-0.25, -0.2) is 0 Å². The maximum Gasteiger partial charge on any atom is 0.130 e. The lowest BCUT2D eigenvalue weighted by Gasteiger charge is -2.10. The summed E-state index contributed by atoms with van der Waals surface area (Å²) in [6.07, 6.45) is 4.06. The van der Waals surface area contributed by atoms with Gasteiger partial charge in [0, 0.05) is 12.1 Å². The fourth-order valence-electron chi connectivity index (χ4n) is 2.04. The Labute approximate surface area is 126 Å². The monoisotopic (exact) mass is 282 g/mol. The van der Waals surface area contributed by atoms with Crippen molar-refractivity contribution in [3.8, 4) is 5.75 Å². The number of para-hydroxylation sites is 1. The maximum absolute atomic E-state index is 5.90. The Balaban J connectivity index is 2.03. The summed E-state index contributed by atoms with van der Waals surface area (Å²) in [6, 6.07) is 14.1. The van der Waals surface area contributed by atoms with Crippen LogP contribution in [0, 0.1) is 0 Å². The van der Waals surface area contributed by atoms with Gasteiger partial charge in [-0.1, -0.05) is 43.3 Å². The van der Waals surface area contributed by atoms with Gasteiger partial charge in [0.25, 0.3) is 0 Å². The second-order valence-electron chi connectivity index (χ2n) is 4.73. The summed E-state index contributed by atoms with van der Waals surface area (Å²) in [5.74, 6) is 0.884. The van der Waals surface area contributed by atoms with E-state index in [0.717, 1.165) is 35.8 Å². The summed E-state index contributed by atoms with van der Waals surface area (Å²) >= 11 is 0. The van der Waals surface area contributed by atoms with Gasteiger partial charge in [0.05, 0.1) is 11.4 Å². The molecule has 0 amide bonds. The highest BCUT2D eigenvalue weighted by atomic mass is 16.5. The van der Waals surface area contributed by atoms with Crippen LogP contribution in [0.3, 0.4) is 0 Å². The van der Waals surface area contributed by atoms with Crippen molar-refractivity contribution in [2.24, 2.45) is 0 Å². The predicted molar refractivity (Wildman–Crippen MR) is 87.1 cm³/mol. The van der Waals surface area contributed by atoms with E-state index in [-0.39, 0.29) is 0 Å². The molecule has 21 heavy (non-hydrogen) atoms. The lowest BCUT2D eigenvalue weighted by atomic mass is 10.2. The average Bonchev–Trinajstić information content (AvgIpc) is 2.53. The molecule has 0 saturated carbocycles. The molecule has 0 aliphatic rings. The highest BCUT2D eigenvalue weighted by Crippen LogP contribution is 2.20. The number of hydrogen-bond donors (Lipinski definition) is 1. The number of pyridine rings is 1. The zero-order chi connectivity index (χ0) is 14.9. The quantitative estimate of drug-likeness (QED) is 0.838. The molecular formula is C18H22N2O. The number of hydrogen-bond acceptors (Lipinski definition) is 3. The fourth-order valence-corrected chi connectivity index (χ4v) is 2.04. The van der Waals surface area contributed by atoms with Gasteiger partial charge in [0.1, 0.15) is 12.4 Å². The molecule has 3 heteroatoms. The number of nitrogens with one attached hydrogen (secondary N) is 1. The summed E-state index contributed by atoms with van der Waals surface area (Å²) in [5.41, 5.74) is 3.07. The van der Waals surface area contributed by atoms with Crippen molar-refractivity contribution < 1.29 is 4.74 Å². The van der Waals surface area contributed by atoms with Crippen LogP contribution in [0.5, 0.6) is 5.75 Å². The Bertz CT molecular complexity index is 593. The van der Waals surface area contributed by atoms with Crippen LogP contribution in [0.15, 0.2) is 48.5 Å². The number of aromatic nitrogens is 1. The Hall–Kier alpha value is -2.13. The molecule has 0 bridgehead atoms. The SMILES string of the molecule is C/C=C/c1ccccc1OCc1cccc(CNCC)n1. The molecule has 3 nitrogen and oxygen atoms in total. The second kappa shape index (κ2) is 8.22. The standard InChI is InChI=1S/C18H22N2O/c1-3-8-15-9-5-6-12-18(15)21-14-17-11-7-10-16(20-17)13-19-4-2/h3,5-12,19H,4,13-14H2,1-2H3/b8-3+. The second-order valence-corrected chi connectivity index (χ2v) is 4.73. The van der Waals surface area contributed by atoms with Crippen LogP contribution in [-0.4, -0.2) is 11.5 Å². The molecule has 0 saturated heterocycles. The Morgan fingerprint density at radius 3 is 2.71 bits per heavy atom. The lowest BCUT2D eigenvalue weighted by molar-refractivity contribution is 0.300. The number of allylic oxidation sites excluding steroid dienone is 1. The number of ether oxygens (including phenoxy) is 1. The average molecular weight is 282 g/mol. The van der Waals surface area contributed by atoms with E-state index in [2.05, 4.69) is 17.2 Å². The molecule has 0 aliphatic carbocycles. The molecule has 2 rings (SSSR count). The summed E-state index contributed by atoms with van der Waals surface area (Å²) in [5, 5.41) is 3.28. The van der Waals surface area contributed by atoms with Crippen molar-refractivity contribution in [1.82, 2.24) is 10.3 Å². The smallest absolute Gasteiger partial charge is 0.130 e. The third-order valence-electron chi connectivity index (χ3n) is 3.06. The fraction of sp³-hybridized carbons (Fsp3) is 0.278. The van der Waals surface area contributed by atoms with Gasteiger partial charge in [-0.05, 0) is 31.7 Å². The maximum atomic E-state index is 5.90. The van der Waals surface area contributed by atoms with Crippen molar-refractivity contribution in [2.45, 2.75) is 27.0 Å². The van der Waals surface area contributed by atoms with E-state index in [1.165, 1.54) is 0 Å². The Morgan fingerprint density at radius 1 is 1.10 bits per heavy atom. The van der Waals surface area contributed by atoms with Crippen molar-refractivity contribution in [3.05, 3.63) is 65.5 Å². The van der Waals surface area contributed by atoms with E-state index in [9.17, 15) is 0 Å². The first-order valence-electron chi connectivity index (χ1n) is 7.33. The topological polar surface area (TPSA) is 34.1 Å². The zero-order valence-corrected chi connectivity index (χ0v) is 12.7. The van der Waals surface area contributed by atoms with E-state index in [1.54, 1.807) is 0 Å². The Morgan fingerprint density at radius 2 is 1.90 bits per heavy atom. The first-order chi connectivity index (χ1) is 10.3. The van der Waals surface area contributed by atoms with Crippen LogP contribution in [0.25, 0.3) is 6.08 Å². The van der Waals surface area contributed by atoms with Gasteiger partial charge in [-0.2, -0.15) is 0 Å². The van der Waals surface area contributed by atoms with Crippen molar-refractivity contribution in [2.75, 3.05) is 6.54 Å². The summed E-state index contributed by atoms with van der Waals surface area (Å²) < 4.78 is 5.90. The molecule has 1 aromatic carbocycles. The Kier molecular flexibility index (Phi) is 5.98. The van der Waals surface area contributed by atoms with Crippen LogP contribution in [-0.2, 0) is 13.2 Å². The van der Waals surface area contributed by atoms with Gasteiger partial charge in [0.15, 0.2) is 0 Å². The van der Waals surface area contributed by atoms with E-state index < -0.39 is 0 Å². The number of nitrogens with zero attached hydrogens (tertiary/aromatic N) is 1. The number of rotatable bonds is 7. The molecule has 1 aromatic heterocycles. The minimum Gasteiger partial charge on any atom is -0.487 e. The highest BCUT2D eigenvalue weighted by molar-refractivity contribution is 5.56. The summed E-state index contributed by atoms with van der Waals surface area (Å²) in [7, 11) is 0. The molecule has 0 atom stereocenters. The van der Waals surface area contributed by atoms with E-state index in [4.69, 9.17) is 4.74 Å². The van der Waals surface area contributed by atoms with Gasteiger partial charge in [-0.15, -0.1) is 0 Å². The first kappa shape index (κ1) is 15.3. The van der Waals surface area contributed by atoms with Crippen molar-refractivity contribution in [3.63, 3.8) is 0 Å². The van der Waals surface area contributed by atoms with E-state index in [0.29, 0.717) is 6.61 Å². The molecule has 0 spiro atoms. The van der Waals surface area contributed by atoms with Crippen molar-refractivity contribution in [1.29, 1.82) is 0 Å². The van der Waals surface area contributed by atoms with E-state index in [1.807, 2.05) is 61.5 Å². The van der Waals surface area contributed by atoms with Gasteiger partial charge in [-0.3, -0.25) is 4.98 Å². The third-order valence-corrected chi connectivity index (χ3v) is 3.06. The van der Waals surface area contributed by atoms with Crippen LogP contribution in [0.2, 0.25) is 0 Å². The van der Waals surface area contributed by atoms with E-state index >= 15 is 0 Å². The molecule has 0 radical (unpaired) electrons. The predicted octanol–water partition coefficient (Wildman–Crippen LogP) is 3.80. The molecule has 1 heterocycles. The first-order valence-corrected chi connectivity index (χ1v) is 7.33. The molecule has 0 fully saturated rings. The van der Waals surface area contributed by atoms with Gasteiger partial charge < -0.3 is 10.1 Å². The molecular weight excluding hydrogens is 260 g/mol. The molecule has 1 N–H and O–H groups in total. The summed E-state index contributed by atoms with van der Waals surface area (Å²) in [4.78, 5) is 4.60. The molecule has 110 valence electrons. The number of benzene rings is 1.